The van der Waals surface area contributed by atoms with Gasteiger partial charge in [0, 0.05) is 17.1 Å². The van der Waals surface area contributed by atoms with Crippen molar-refractivity contribution in [3.8, 4) is 0 Å². The smallest absolute Gasteiger partial charge is 0.148 e. The largest absolute Gasteiger partial charge is 0.354 e. The second kappa shape index (κ2) is 6.44. The van der Waals surface area contributed by atoms with Crippen LogP contribution in [0.1, 0.15) is 18.1 Å². The molecule has 0 saturated carbocycles. The average Bonchev–Trinajstić information content (AvgIpc) is 2.62. The number of carbonyl (C=O) groups excluding carboxylic acids is 2. The zero-order valence-corrected chi connectivity index (χ0v) is 12.8. The van der Waals surface area contributed by atoms with E-state index >= 15 is 0 Å². The van der Waals surface area contributed by atoms with Crippen LogP contribution in [0.2, 0.25) is 0 Å². The molecular weight excluding hydrogens is 286 g/mol. The first-order valence-corrected chi connectivity index (χ1v) is 7.52. The van der Waals surface area contributed by atoms with Gasteiger partial charge in [-0.1, -0.05) is 67.6 Å². The monoisotopic (exact) mass is 303 g/mol. The van der Waals surface area contributed by atoms with Crippen LogP contribution in [0.4, 0.5) is 0 Å². The molecule has 23 heavy (non-hydrogen) atoms. The Hall–Kier alpha value is -2.94. The summed E-state index contributed by atoms with van der Waals surface area (Å²) in [6.07, 6.45) is 1.68. The van der Waals surface area contributed by atoms with Crippen LogP contribution in [-0.4, -0.2) is 12.6 Å². The van der Waals surface area contributed by atoms with Gasteiger partial charge in [0.2, 0.25) is 0 Å². The first-order valence-electron chi connectivity index (χ1n) is 7.52. The first-order chi connectivity index (χ1) is 11.3. The maximum Gasteiger partial charge on any atom is 0.148 e. The Labute approximate surface area is 135 Å². The van der Waals surface area contributed by atoms with Crippen molar-refractivity contribution in [2.24, 2.45) is 5.92 Å². The van der Waals surface area contributed by atoms with Crippen molar-refractivity contribution in [2.75, 3.05) is 0 Å². The molecule has 3 heteroatoms. The molecule has 1 aliphatic heterocycles. The molecule has 0 bridgehead atoms. The lowest BCUT2D eigenvalue weighted by Gasteiger charge is -2.28. The topological polar surface area (TPSA) is 46.2 Å². The fraction of sp³-hybridized carbons (Fsp3) is 0.100. The van der Waals surface area contributed by atoms with Crippen molar-refractivity contribution >= 4 is 24.0 Å². The lowest BCUT2D eigenvalue weighted by Crippen LogP contribution is -2.26. The lowest BCUT2D eigenvalue weighted by atomic mass is 9.85. The van der Waals surface area contributed by atoms with Gasteiger partial charge in [-0.2, -0.15) is 0 Å². The predicted molar refractivity (Wildman–Crippen MR) is 91.2 cm³/mol. The summed E-state index contributed by atoms with van der Waals surface area (Å²) < 4.78 is 0. The number of nitrogens with one attached hydrogen (secondary N) is 1. The van der Waals surface area contributed by atoms with E-state index in [-0.39, 0.29) is 5.92 Å². The summed E-state index contributed by atoms with van der Waals surface area (Å²) in [4.78, 5) is 23.2. The van der Waals surface area contributed by atoms with Crippen LogP contribution in [0.25, 0.3) is 11.4 Å². The first kappa shape index (κ1) is 15.0. The molecule has 0 unspecified atom stereocenters. The van der Waals surface area contributed by atoms with E-state index in [9.17, 15) is 9.59 Å². The third-order valence-corrected chi connectivity index (χ3v) is 4.14. The molecule has 114 valence electrons. The lowest BCUT2D eigenvalue weighted by molar-refractivity contribution is -0.105. The summed E-state index contributed by atoms with van der Waals surface area (Å²) in [5.41, 5.74) is 4.57. The molecule has 0 aromatic heterocycles. The van der Waals surface area contributed by atoms with Crippen molar-refractivity contribution in [3.05, 3.63) is 82.9 Å². The molecule has 0 amide bonds. The minimum Gasteiger partial charge on any atom is -0.354 e. The van der Waals surface area contributed by atoms with Crippen LogP contribution in [-0.2, 0) is 9.59 Å². The standard InChI is InChI=1S/C20H17NO2/c1-14-17(12-22)19(15-8-4-2-5-9-15)21-20(18(14)13-23)16-10-6-3-7-11-16/h2-14,21H,1H3. The van der Waals surface area contributed by atoms with E-state index in [0.29, 0.717) is 11.1 Å². The number of dihydropyridines is 1. The number of hydrogen-bond acceptors (Lipinski definition) is 3. The molecule has 0 fully saturated rings. The highest BCUT2D eigenvalue weighted by Gasteiger charge is 2.27. The van der Waals surface area contributed by atoms with Gasteiger partial charge in [-0.3, -0.25) is 9.59 Å². The van der Waals surface area contributed by atoms with Gasteiger partial charge in [0.25, 0.3) is 0 Å². The van der Waals surface area contributed by atoms with E-state index in [0.717, 1.165) is 35.1 Å². The predicted octanol–water partition coefficient (Wildman–Crippen LogP) is 3.45. The van der Waals surface area contributed by atoms with Crippen molar-refractivity contribution in [1.29, 1.82) is 0 Å². The van der Waals surface area contributed by atoms with Crippen LogP contribution in [0, 0.1) is 5.92 Å². The molecule has 0 atom stereocenters. The number of rotatable bonds is 4. The highest BCUT2D eigenvalue weighted by Crippen LogP contribution is 2.35. The van der Waals surface area contributed by atoms with E-state index in [2.05, 4.69) is 5.32 Å². The maximum atomic E-state index is 11.6. The number of benzene rings is 2. The molecule has 1 N–H and O–H groups in total. The maximum absolute atomic E-state index is 11.6. The Morgan fingerprint density at radius 1 is 0.739 bits per heavy atom. The second-order valence-corrected chi connectivity index (χ2v) is 5.48. The Balaban J connectivity index is 2.15. The Morgan fingerprint density at radius 3 is 1.48 bits per heavy atom. The van der Waals surface area contributed by atoms with Crippen molar-refractivity contribution in [3.63, 3.8) is 0 Å². The van der Waals surface area contributed by atoms with Gasteiger partial charge in [0.05, 0.1) is 11.4 Å². The van der Waals surface area contributed by atoms with Crippen LogP contribution in [0.3, 0.4) is 0 Å². The van der Waals surface area contributed by atoms with Crippen LogP contribution >= 0.6 is 0 Å². The average molecular weight is 303 g/mol. The summed E-state index contributed by atoms with van der Waals surface area (Å²) in [6, 6.07) is 19.4. The molecule has 1 heterocycles. The highest BCUT2D eigenvalue weighted by atomic mass is 16.1. The normalized spacial score (nSPS) is 15.3. The third kappa shape index (κ3) is 2.73. The van der Waals surface area contributed by atoms with Gasteiger partial charge in [-0.05, 0) is 11.1 Å². The summed E-state index contributed by atoms with van der Waals surface area (Å²) in [5, 5.41) is 3.32. The van der Waals surface area contributed by atoms with Gasteiger partial charge in [-0.15, -0.1) is 0 Å². The summed E-state index contributed by atoms with van der Waals surface area (Å²) in [6.45, 7) is 1.89. The molecule has 0 aliphatic carbocycles. The van der Waals surface area contributed by atoms with E-state index < -0.39 is 0 Å². The second-order valence-electron chi connectivity index (χ2n) is 5.48. The highest BCUT2D eigenvalue weighted by molar-refractivity contribution is 6.01. The van der Waals surface area contributed by atoms with Crippen molar-refractivity contribution in [1.82, 2.24) is 5.32 Å². The number of aldehydes is 2. The SMILES string of the molecule is CC1C(C=O)=C(c2ccccc2)NC(c2ccccc2)=C1C=O. The number of hydrogen-bond donors (Lipinski definition) is 1. The molecule has 3 rings (SSSR count). The molecule has 0 spiro atoms. The molecule has 3 nitrogen and oxygen atoms in total. The molecular formula is C20H17NO2. The van der Waals surface area contributed by atoms with Gasteiger partial charge < -0.3 is 5.32 Å². The minimum absolute atomic E-state index is 0.253. The summed E-state index contributed by atoms with van der Waals surface area (Å²) >= 11 is 0. The van der Waals surface area contributed by atoms with Gasteiger partial charge in [0.15, 0.2) is 0 Å². The summed E-state index contributed by atoms with van der Waals surface area (Å²) in [7, 11) is 0. The van der Waals surface area contributed by atoms with Crippen LogP contribution in [0.15, 0.2) is 71.8 Å². The van der Waals surface area contributed by atoms with Gasteiger partial charge in [0.1, 0.15) is 12.6 Å². The molecule has 2 aromatic carbocycles. The van der Waals surface area contributed by atoms with E-state index in [1.807, 2.05) is 67.6 Å². The summed E-state index contributed by atoms with van der Waals surface area (Å²) in [5.74, 6) is -0.253. The molecule has 0 radical (unpaired) electrons. The molecule has 1 aliphatic rings. The van der Waals surface area contributed by atoms with Gasteiger partial charge >= 0.3 is 0 Å². The van der Waals surface area contributed by atoms with E-state index in [1.165, 1.54) is 0 Å². The van der Waals surface area contributed by atoms with Crippen molar-refractivity contribution < 1.29 is 9.59 Å². The molecule has 0 saturated heterocycles. The molecule has 2 aromatic rings. The van der Waals surface area contributed by atoms with Gasteiger partial charge in [-0.25, -0.2) is 0 Å². The minimum atomic E-state index is -0.253. The zero-order chi connectivity index (χ0) is 16.2. The number of carbonyl (C=O) groups is 2. The number of allylic oxidation sites excluding steroid dienone is 2. The van der Waals surface area contributed by atoms with Crippen LogP contribution < -0.4 is 5.32 Å². The quantitative estimate of drug-likeness (QED) is 0.880. The third-order valence-electron chi connectivity index (χ3n) is 4.14. The fourth-order valence-corrected chi connectivity index (χ4v) is 2.88. The van der Waals surface area contributed by atoms with Crippen molar-refractivity contribution in [2.45, 2.75) is 6.92 Å². The zero-order valence-electron chi connectivity index (χ0n) is 12.8. The Kier molecular flexibility index (Phi) is 4.20. The van der Waals surface area contributed by atoms with E-state index in [1.54, 1.807) is 0 Å². The fourth-order valence-electron chi connectivity index (χ4n) is 2.88. The Bertz CT molecular complexity index is 721. The van der Waals surface area contributed by atoms with Crippen LogP contribution in [0.5, 0.6) is 0 Å². The Morgan fingerprint density at radius 2 is 1.13 bits per heavy atom. The van der Waals surface area contributed by atoms with E-state index in [4.69, 9.17) is 0 Å².